The zero-order valence-electron chi connectivity index (χ0n) is 13.3. The van der Waals surface area contributed by atoms with Gasteiger partial charge in [0.25, 0.3) is 0 Å². The van der Waals surface area contributed by atoms with Crippen LogP contribution in [0.1, 0.15) is 32.8 Å². The number of rotatable bonds is 6. The molecular formula is C14H16F3N3O4. The Balaban J connectivity index is 3.81. The SMILES string of the molecule is CCCN(C=C(C)C)c1c([N+](=O)[O-])cc(C(F)(F)F)cc1[N+](=O)[O-]. The van der Waals surface area contributed by atoms with E-state index in [0.717, 1.165) is 0 Å². The lowest BCUT2D eigenvalue weighted by Gasteiger charge is -2.21. The summed E-state index contributed by atoms with van der Waals surface area (Å²) in [6.07, 6.45) is -3.01. The molecule has 0 fully saturated rings. The quantitative estimate of drug-likeness (QED) is 0.551. The van der Waals surface area contributed by atoms with Gasteiger partial charge in [-0.2, -0.15) is 13.2 Å². The van der Waals surface area contributed by atoms with Crippen molar-refractivity contribution in [2.75, 3.05) is 11.4 Å². The molecule has 132 valence electrons. The molecule has 0 N–H and O–H groups in total. The Morgan fingerprint density at radius 1 is 1.17 bits per heavy atom. The molecule has 10 heteroatoms. The van der Waals surface area contributed by atoms with Crippen LogP contribution >= 0.6 is 0 Å². The number of nitro benzene ring substituents is 2. The van der Waals surface area contributed by atoms with Gasteiger partial charge in [0.05, 0.1) is 15.4 Å². The molecule has 0 amide bonds. The first-order chi connectivity index (χ1) is 11.0. The molecule has 0 radical (unpaired) electrons. The van der Waals surface area contributed by atoms with Gasteiger partial charge in [-0.25, -0.2) is 0 Å². The Morgan fingerprint density at radius 3 is 1.92 bits per heavy atom. The molecule has 0 aliphatic heterocycles. The highest BCUT2D eigenvalue weighted by molar-refractivity contribution is 5.77. The molecule has 0 aliphatic carbocycles. The lowest BCUT2D eigenvalue weighted by Crippen LogP contribution is -2.21. The Labute approximate surface area is 135 Å². The number of hydrogen-bond donors (Lipinski definition) is 0. The van der Waals surface area contributed by atoms with Crippen molar-refractivity contribution in [2.24, 2.45) is 0 Å². The third-order valence-electron chi connectivity index (χ3n) is 2.96. The number of nitro groups is 2. The van der Waals surface area contributed by atoms with Gasteiger partial charge in [0, 0.05) is 24.9 Å². The van der Waals surface area contributed by atoms with E-state index in [0.29, 0.717) is 24.1 Å². The summed E-state index contributed by atoms with van der Waals surface area (Å²) in [5.74, 6) is 0. The minimum atomic E-state index is -4.93. The summed E-state index contributed by atoms with van der Waals surface area (Å²) in [4.78, 5) is 21.6. The van der Waals surface area contributed by atoms with Crippen molar-refractivity contribution in [3.8, 4) is 0 Å². The van der Waals surface area contributed by atoms with Gasteiger partial charge >= 0.3 is 17.6 Å². The third-order valence-corrected chi connectivity index (χ3v) is 2.96. The summed E-state index contributed by atoms with van der Waals surface area (Å²) < 4.78 is 38.7. The van der Waals surface area contributed by atoms with Gasteiger partial charge in [-0.05, 0) is 20.3 Å². The van der Waals surface area contributed by atoms with Crippen molar-refractivity contribution in [3.63, 3.8) is 0 Å². The summed E-state index contributed by atoms with van der Waals surface area (Å²) >= 11 is 0. The van der Waals surface area contributed by atoms with Crippen molar-refractivity contribution in [2.45, 2.75) is 33.4 Å². The maximum Gasteiger partial charge on any atom is 0.416 e. The molecule has 7 nitrogen and oxygen atoms in total. The second-order valence-electron chi connectivity index (χ2n) is 5.27. The lowest BCUT2D eigenvalue weighted by molar-refractivity contribution is -0.393. The average Bonchev–Trinajstić information content (AvgIpc) is 2.43. The smallest absolute Gasteiger partial charge is 0.337 e. The van der Waals surface area contributed by atoms with Gasteiger partial charge in [0.2, 0.25) is 0 Å². The van der Waals surface area contributed by atoms with E-state index in [9.17, 15) is 33.4 Å². The molecule has 0 heterocycles. The minimum absolute atomic E-state index is 0.179. The highest BCUT2D eigenvalue weighted by Gasteiger charge is 2.38. The van der Waals surface area contributed by atoms with E-state index in [1.807, 2.05) is 0 Å². The van der Waals surface area contributed by atoms with Crippen LogP contribution in [-0.4, -0.2) is 16.4 Å². The summed E-state index contributed by atoms with van der Waals surface area (Å²) in [5, 5.41) is 22.5. The fourth-order valence-corrected chi connectivity index (χ4v) is 2.13. The van der Waals surface area contributed by atoms with Crippen LogP contribution in [0, 0.1) is 20.2 Å². The van der Waals surface area contributed by atoms with E-state index in [1.54, 1.807) is 20.8 Å². The number of anilines is 1. The molecule has 0 unspecified atom stereocenters. The molecule has 0 aromatic heterocycles. The largest absolute Gasteiger partial charge is 0.416 e. The van der Waals surface area contributed by atoms with Gasteiger partial charge in [0.15, 0.2) is 5.69 Å². The number of allylic oxidation sites excluding steroid dienone is 1. The Kier molecular flexibility index (Phi) is 5.88. The van der Waals surface area contributed by atoms with Crippen LogP contribution in [0.2, 0.25) is 0 Å². The maximum atomic E-state index is 12.9. The third kappa shape index (κ3) is 4.43. The highest BCUT2D eigenvalue weighted by atomic mass is 19.4. The zero-order chi connectivity index (χ0) is 18.7. The Bertz CT molecular complexity index is 647. The fourth-order valence-electron chi connectivity index (χ4n) is 2.13. The van der Waals surface area contributed by atoms with Crippen LogP contribution in [0.25, 0.3) is 0 Å². The molecule has 0 bridgehead atoms. The standard InChI is InChI=1S/C14H16F3N3O4/c1-4-5-18(8-9(2)3)13-11(19(21)22)6-10(14(15,16)17)7-12(13)20(23)24/h6-8H,4-5H2,1-3H3. The molecular weight excluding hydrogens is 331 g/mol. The number of nitrogens with zero attached hydrogens (tertiary/aromatic N) is 3. The normalized spacial score (nSPS) is 11.1. The zero-order valence-corrected chi connectivity index (χ0v) is 13.3. The van der Waals surface area contributed by atoms with E-state index in [4.69, 9.17) is 0 Å². The summed E-state index contributed by atoms with van der Waals surface area (Å²) in [6, 6.07) is 0.646. The second-order valence-corrected chi connectivity index (χ2v) is 5.27. The first-order valence-electron chi connectivity index (χ1n) is 6.94. The van der Waals surface area contributed by atoms with Crippen molar-refractivity contribution >= 4 is 17.1 Å². The number of halogens is 3. The van der Waals surface area contributed by atoms with E-state index < -0.39 is 38.6 Å². The van der Waals surface area contributed by atoms with Crippen molar-refractivity contribution in [1.29, 1.82) is 0 Å². The van der Waals surface area contributed by atoms with Crippen LogP contribution in [0.15, 0.2) is 23.9 Å². The van der Waals surface area contributed by atoms with Crippen LogP contribution in [0.4, 0.5) is 30.2 Å². The highest BCUT2D eigenvalue weighted by Crippen LogP contribution is 2.43. The van der Waals surface area contributed by atoms with Gasteiger partial charge < -0.3 is 4.90 Å². The monoisotopic (exact) mass is 347 g/mol. The second kappa shape index (κ2) is 7.28. The lowest BCUT2D eigenvalue weighted by atomic mass is 10.1. The molecule has 0 aliphatic rings. The van der Waals surface area contributed by atoms with E-state index in [-0.39, 0.29) is 6.54 Å². The molecule has 0 saturated carbocycles. The van der Waals surface area contributed by atoms with E-state index in [1.165, 1.54) is 11.1 Å². The molecule has 24 heavy (non-hydrogen) atoms. The Morgan fingerprint density at radius 2 is 1.62 bits per heavy atom. The average molecular weight is 347 g/mol. The molecule has 0 atom stereocenters. The van der Waals surface area contributed by atoms with Crippen LogP contribution in [0.3, 0.4) is 0 Å². The topological polar surface area (TPSA) is 89.5 Å². The van der Waals surface area contributed by atoms with Crippen LogP contribution < -0.4 is 4.90 Å². The van der Waals surface area contributed by atoms with Crippen LogP contribution in [-0.2, 0) is 6.18 Å². The summed E-state index contributed by atoms with van der Waals surface area (Å²) in [7, 11) is 0. The van der Waals surface area contributed by atoms with Crippen LogP contribution in [0.5, 0.6) is 0 Å². The number of hydrogen-bond acceptors (Lipinski definition) is 5. The van der Waals surface area contributed by atoms with Gasteiger partial charge in [-0.1, -0.05) is 12.5 Å². The van der Waals surface area contributed by atoms with Crippen molar-refractivity contribution in [1.82, 2.24) is 0 Å². The molecule has 1 aromatic carbocycles. The molecule has 0 saturated heterocycles. The fraction of sp³-hybridized carbons (Fsp3) is 0.429. The van der Waals surface area contributed by atoms with Gasteiger partial charge in [-0.15, -0.1) is 0 Å². The predicted molar refractivity (Wildman–Crippen MR) is 81.8 cm³/mol. The maximum absolute atomic E-state index is 12.9. The van der Waals surface area contributed by atoms with Gasteiger partial charge in [-0.3, -0.25) is 20.2 Å². The van der Waals surface area contributed by atoms with Crippen molar-refractivity contribution < 1.29 is 23.0 Å². The predicted octanol–water partition coefficient (Wildman–Crippen LogP) is 4.66. The number of alkyl halides is 3. The van der Waals surface area contributed by atoms with E-state index >= 15 is 0 Å². The first-order valence-corrected chi connectivity index (χ1v) is 6.94. The van der Waals surface area contributed by atoms with E-state index in [2.05, 4.69) is 0 Å². The summed E-state index contributed by atoms with van der Waals surface area (Å²) in [6.45, 7) is 5.26. The molecule has 1 aromatic rings. The van der Waals surface area contributed by atoms with Gasteiger partial charge in [0.1, 0.15) is 0 Å². The Hall–Kier alpha value is -2.65. The molecule has 1 rings (SSSR count). The van der Waals surface area contributed by atoms with Crippen molar-refractivity contribution in [3.05, 3.63) is 49.7 Å². The molecule has 0 spiro atoms. The summed E-state index contributed by atoms with van der Waals surface area (Å²) in [5.41, 5.74) is -3.11. The number of benzene rings is 1. The minimum Gasteiger partial charge on any atom is -0.337 e. The first kappa shape index (κ1) is 19.4.